The van der Waals surface area contributed by atoms with Crippen molar-refractivity contribution in [3.05, 3.63) is 69.1 Å². The molecule has 1 aliphatic carbocycles. The molecule has 1 fully saturated rings. The zero-order valence-electron chi connectivity index (χ0n) is 31.5. The van der Waals surface area contributed by atoms with Crippen LogP contribution in [0.3, 0.4) is 0 Å². The molecule has 20 heteroatoms. The van der Waals surface area contributed by atoms with Gasteiger partial charge in [0.05, 0.1) is 13.1 Å². The normalized spacial score (nSPS) is 16.9. The van der Waals surface area contributed by atoms with Crippen LogP contribution in [0.15, 0.2) is 56.6 Å². The summed E-state index contributed by atoms with van der Waals surface area (Å²) < 4.78 is 6.82. The fraction of sp³-hybridized carbons (Fsp3) is 0.514. The van der Waals surface area contributed by atoms with Gasteiger partial charge in [-0.3, -0.25) is 14.4 Å². The molecule has 0 saturated heterocycles. The number of unbranched alkanes of at least 4 members (excludes halogenated alkanes) is 1. The van der Waals surface area contributed by atoms with Gasteiger partial charge in [-0.15, -0.1) is 4.74 Å². The molecule has 0 spiro atoms. The number of halogens is 1. The minimum atomic E-state index is -1.73. The number of nitrogens with zero attached hydrogens (tertiary/aromatic N) is 2. The van der Waals surface area contributed by atoms with Crippen LogP contribution in [0.5, 0.6) is 0 Å². The van der Waals surface area contributed by atoms with Gasteiger partial charge in [-0.1, -0.05) is 49.4 Å². The maximum absolute atomic E-state index is 13.6. The molecule has 4 rings (SSSR count). The van der Waals surface area contributed by atoms with E-state index in [9.17, 15) is 48.6 Å². The first-order valence-electron chi connectivity index (χ1n) is 18.8. The van der Waals surface area contributed by atoms with Gasteiger partial charge in [0.15, 0.2) is 0 Å². The third-order valence-electron chi connectivity index (χ3n) is 9.75. The molecule has 1 aliphatic rings. The molecule has 1 saturated carbocycles. The Morgan fingerprint density at radius 2 is 1.58 bits per heavy atom. The summed E-state index contributed by atoms with van der Waals surface area (Å²) in [6.45, 7) is 3.01. The third kappa shape index (κ3) is 14.3. The van der Waals surface area contributed by atoms with E-state index in [0.717, 1.165) is 35.7 Å². The lowest BCUT2D eigenvalue weighted by atomic mass is 9.81. The van der Waals surface area contributed by atoms with Crippen LogP contribution >= 0.6 is 22.9 Å². The number of urea groups is 1. The molecular weight excluding hydrogens is 859 g/mol. The number of benzene rings is 2. The van der Waals surface area contributed by atoms with Gasteiger partial charge in [0.2, 0.25) is 17.7 Å². The Kier molecular flexibility index (Phi) is 17.1. The van der Waals surface area contributed by atoms with Crippen molar-refractivity contribution in [1.29, 1.82) is 0 Å². The molecule has 1 heterocycles. The first-order chi connectivity index (χ1) is 27.2. The van der Waals surface area contributed by atoms with Crippen molar-refractivity contribution in [2.45, 2.75) is 83.0 Å². The SMILES string of the molecule is CCN(I)CC(=O)NC[C@H]1CC[C@H](C(=O)N[C@@H](Cc2ccc3ccccc3c2)C(=O)NCCCC[C@H](NC(=O)N[C@@H](Cn2oc(=O)[nH]c2=O)C(=O)O)C(=O)O)CC1. The number of likely N-dealkylation sites (N-methyl/N-ethyl adjacent to an activating group) is 1. The molecule has 1 aromatic heterocycles. The topological polar surface area (TPSA) is 274 Å². The van der Waals surface area contributed by atoms with Crippen molar-refractivity contribution in [3.63, 3.8) is 0 Å². The van der Waals surface area contributed by atoms with Crippen molar-refractivity contribution >= 4 is 69.3 Å². The number of fused-ring (bicyclic) bond motifs is 1. The van der Waals surface area contributed by atoms with Crippen LogP contribution in [-0.4, -0.2) is 103 Å². The summed E-state index contributed by atoms with van der Waals surface area (Å²) in [5.74, 6) is -4.76. The Balaban J connectivity index is 1.28. The lowest BCUT2D eigenvalue weighted by molar-refractivity contribution is -0.140. The van der Waals surface area contributed by atoms with Gasteiger partial charge in [-0.2, -0.15) is 0 Å². The number of amides is 5. The minimum Gasteiger partial charge on any atom is -0.480 e. The molecule has 3 atom stereocenters. The van der Waals surface area contributed by atoms with E-state index < -0.39 is 60.0 Å². The third-order valence-corrected chi connectivity index (χ3v) is 10.8. The molecule has 5 amide bonds. The number of carbonyl (C=O) groups excluding carboxylic acids is 4. The Labute approximate surface area is 341 Å². The van der Waals surface area contributed by atoms with Crippen LogP contribution in [0.4, 0.5) is 4.79 Å². The van der Waals surface area contributed by atoms with Gasteiger partial charge in [0.25, 0.3) is 0 Å². The molecule has 8 N–H and O–H groups in total. The van der Waals surface area contributed by atoms with Crippen LogP contribution in [0.2, 0.25) is 0 Å². The number of hydrogen-bond donors (Lipinski definition) is 8. The summed E-state index contributed by atoms with van der Waals surface area (Å²) in [6, 6.07) is 8.47. The Bertz CT molecular complexity index is 1990. The highest BCUT2D eigenvalue weighted by molar-refractivity contribution is 14.1. The summed E-state index contributed by atoms with van der Waals surface area (Å²) in [5.41, 5.74) is -0.176. The molecule has 0 aliphatic heterocycles. The molecule has 19 nitrogen and oxygen atoms in total. The number of carboxylic acid groups (broad SMARTS) is 2. The van der Waals surface area contributed by atoms with Crippen molar-refractivity contribution < 1.29 is 43.5 Å². The van der Waals surface area contributed by atoms with Gasteiger partial charge < -0.3 is 41.3 Å². The number of aromatic amines is 1. The van der Waals surface area contributed by atoms with Crippen LogP contribution in [0.1, 0.15) is 57.4 Å². The largest absolute Gasteiger partial charge is 0.480 e. The monoisotopic (exact) mass is 908 g/mol. The van der Waals surface area contributed by atoms with Crippen LogP contribution in [0, 0.1) is 11.8 Å². The van der Waals surface area contributed by atoms with Gasteiger partial charge in [0, 0.05) is 54.8 Å². The maximum Gasteiger partial charge on any atom is 0.440 e. The average molecular weight is 909 g/mol. The number of carboxylic acids is 2. The molecule has 2 aromatic carbocycles. The number of H-pyrrole nitrogens is 1. The molecule has 57 heavy (non-hydrogen) atoms. The van der Waals surface area contributed by atoms with E-state index >= 15 is 0 Å². The molecule has 0 radical (unpaired) electrons. The van der Waals surface area contributed by atoms with Crippen molar-refractivity contribution in [2.75, 3.05) is 26.2 Å². The quantitative estimate of drug-likeness (QED) is 0.0424. The number of rotatable bonds is 21. The van der Waals surface area contributed by atoms with Crippen molar-refractivity contribution in [1.82, 2.24) is 39.4 Å². The second-order valence-electron chi connectivity index (χ2n) is 14.0. The summed E-state index contributed by atoms with van der Waals surface area (Å²) in [4.78, 5) is 100.0. The maximum atomic E-state index is 13.6. The second-order valence-corrected chi connectivity index (χ2v) is 15.3. The fourth-order valence-corrected chi connectivity index (χ4v) is 6.83. The lowest BCUT2D eigenvalue weighted by Crippen LogP contribution is -2.52. The fourth-order valence-electron chi connectivity index (χ4n) is 6.52. The Hall–Kier alpha value is -5.25. The highest BCUT2D eigenvalue weighted by Gasteiger charge is 2.30. The Morgan fingerprint density at radius 3 is 2.23 bits per heavy atom. The van der Waals surface area contributed by atoms with E-state index in [2.05, 4.69) is 48.7 Å². The van der Waals surface area contributed by atoms with E-state index in [1.807, 2.05) is 57.8 Å². The summed E-state index contributed by atoms with van der Waals surface area (Å²) >= 11 is 2.11. The lowest BCUT2D eigenvalue weighted by Gasteiger charge is -2.29. The second kappa shape index (κ2) is 21.9. The van der Waals surface area contributed by atoms with Crippen LogP contribution in [0.25, 0.3) is 10.8 Å². The highest BCUT2D eigenvalue weighted by Crippen LogP contribution is 2.29. The first-order valence-corrected chi connectivity index (χ1v) is 19.7. The predicted molar refractivity (Wildman–Crippen MR) is 214 cm³/mol. The summed E-state index contributed by atoms with van der Waals surface area (Å²) in [6.07, 6.45) is 3.51. The smallest absolute Gasteiger partial charge is 0.440 e. The van der Waals surface area contributed by atoms with Crippen molar-refractivity contribution in [3.8, 4) is 0 Å². The number of hydrogen-bond acceptors (Lipinski definition) is 10. The predicted octanol–water partition coefficient (Wildman–Crippen LogP) is 1.10. The summed E-state index contributed by atoms with van der Waals surface area (Å²) in [7, 11) is 0. The van der Waals surface area contributed by atoms with Crippen molar-refractivity contribution in [2.24, 2.45) is 11.8 Å². The number of aliphatic carboxylic acids is 2. The molecule has 3 aromatic rings. The number of carbonyl (C=O) groups is 6. The Morgan fingerprint density at radius 1 is 0.895 bits per heavy atom. The van der Waals surface area contributed by atoms with Crippen LogP contribution in [-0.2, 0) is 36.9 Å². The van der Waals surface area contributed by atoms with Gasteiger partial charge in [0.1, 0.15) is 18.1 Å². The van der Waals surface area contributed by atoms with E-state index in [1.165, 1.54) is 0 Å². The van der Waals surface area contributed by atoms with Gasteiger partial charge in [-0.05, 0) is 67.2 Å². The first kappa shape index (κ1) is 44.5. The van der Waals surface area contributed by atoms with E-state index in [0.29, 0.717) is 37.1 Å². The van der Waals surface area contributed by atoms with E-state index in [1.54, 1.807) is 4.98 Å². The zero-order chi connectivity index (χ0) is 41.5. The number of nitrogens with one attached hydrogen (secondary N) is 6. The van der Waals surface area contributed by atoms with E-state index in [4.69, 9.17) is 0 Å². The van der Waals surface area contributed by atoms with Gasteiger partial charge in [-0.25, -0.2) is 32.1 Å². The zero-order valence-corrected chi connectivity index (χ0v) is 33.6. The minimum absolute atomic E-state index is 0.0371. The average Bonchev–Trinajstić information content (AvgIpc) is 3.50. The standard InChI is InChI=1S/C37H49IN8O11/c1-2-45(38)21-30(47)40-19-22-10-14-25(15-11-22)31(48)41-28(18-23-12-13-24-7-3-4-8-26(24)17-23)32(49)39-16-6-5-9-27(33(50)51)42-35(54)43-29(34(52)53)20-46-36(55)44-37(56)57-46/h3-4,7-8,12-13,17,22,25,27-29H,2,5-6,9-11,14-16,18-21H2,1H3,(H,39,49)(H,40,47)(H,41,48)(H,50,51)(H,52,53)(H2,42,43,54)(H,44,55,56)/t22-,25-,27-,28-,29-/m0/s1. The molecular formula is C37H49IN8O11. The molecule has 310 valence electrons. The molecule has 0 unspecified atom stereocenters. The number of aromatic nitrogens is 2. The van der Waals surface area contributed by atoms with Gasteiger partial charge >= 0.3 is 29.4 Å². The van der Waals surface area contributed by atoms with E-state index in [-0.39, 0.29) is 49.5 Å². The molecule has 0 bridgehead atoms. The highest BCUT2D eigenvalue weighted by atomic mass is 127. The van der Waals surface area contributed by atoms with Crippen LogP contribution < -0.4 is 38.0 Å². The summed E-state index contributed by atoms with van der Waals surface area (Å²) in [5, 5.41) is 34.2.